The summed E-state index contributed by atoms with van der Waals surface area (Å²) in [6.07, 6.45) is 1.53. The molecule has 0 saturated carbocycles. The molecule has 1 saturated heterocycles. The third-order valence-corrected chi connectivity index (χ3v) is 12.9. The number of Topliss-reactive ketones (excluding diaryl/α,β-unsaturated/α-hetero) is 1. The van der Waals surface area contributed by atoms with Crippen molar-refractivity contribution >= 4 is 20.1 Å². The van der Waals surface area contributed by atoms with Gasteiger partial charge in [-0.3, -0.25) is 9.59 Å². The average Bonchev–Trinajstić information content (AvgIpc) is 3.31. The van der Waals surface area contributed by atoms with E-state index in [-0.39, 0.29) is 37.1 Å². The Morgan fingerprint density at radius 1 is 1.11 bits per heavy atom. The summed E-state index contributed by atoms with van der Waals surface area (Å²) in [5.41, 5.74) is 0.0618. The third-order valence-electron chi connectivity index (χ3n) is 8.45. The molecule has 204 valence electrons. The Bertz CT molecular complexity index is 1110. The van der Waals surface area contributed by atoms with Gasteiger partial charge in [-0.2, -0.15) is 0 Å². The van der Waals surface area contributed by atoms with Gasteiger partial charge in [0.05, 0.1) is 57.2 Å². The molecule has 1 spiro atoms. The lowest BCUT2D eigenvalue weighted by molar-refractivity contribution is -0.272. The molecule has 0 N–H and O–H groups in total. The smallest absolute Gasteiger partial charge is 0.319 e. The second kappa shape index (κ2) is 9.52. The molecule has 0 aromatic heterocycles. The Balaban J connectivity index is 2.09. The molecule has 4 rings (SSSR count). The van der Waals surface area contributed by atoms with Crippen LogP contribution >= 0.6 is 0 Å². The normalized spacial score (nSPS) is 26.8. The van der Waals surface area contributed by atoms with Crippen LogP contribution in [0.15, 0.2) is 23.8 Å². The van der Waals surface area contributed by atoms with Gasteiger partial charge in [0.2, 0.25) is 5.79 Å². The Hall–Kier alpha value is -2.20. The van der Waals surface area contributed by atoms with Crippen molar-refractivity contribution in [3.8, 4) is 11.5 Å². The lowest BCUT2D eigenvalue weighted by atomic mass is 9.53. The minimum Gasteiger partial charge on any atom is -0.496 e. The maximum Gasteiger partial charge on any atom is 0.319 e. The van der Waals surface area contributed by atoms with Crippen molar-refractivity contribution in [1.29, 1.82) is 0 Å². The van der Waals surface area contributed by atoms with Gasteiger partial charge in [0.15, 0.2) is 14.1 Å². The predicted octanol–water partition coefficient (Wildman–Crippen LogP) is 5.01. The highest BCUT2D eigenvalue weighted by Gasteiger charge is 2.74. The van der Waals surface area contributed by atoms with Crippen LogP contribution in [0.4, 0.5) is 0 Å². The topological polar surface area (TPSA) is 89.5 Å². The number of ether oxygens (including phenoxy) is 5. The molecule has 0 bridgehead atoms. The van der Waals surface area contributed by atoms with Crippen LogP contribution in [0.1, 0.15) is 57.0 Å². The van der Waals surface area contributed by atoms with Crippen molar-refractivity contribution in [3.05, 3.63) is 34.9 Å². The average molecular weight is 533 g/mol. The zero-order chi connectivity index (χ0) is 27.4. The maximum atomic E-state index is 14.7. The van der Waals surface area contributed by atoms with Crippen LogP contribution in [-0.2, 0) is 29.2 Å². The summed E-state index contributed by atoms with van der Waals surface area (Å²) in [6, 6.07) is 3.41. The Morgan fingerprint density at radius 2 is 1.70 bits per heavy atom. The van der Waals surface area contributed by atoms with Crippen molar-refractivity contribution in [1.82, 2.24) is 0 Å². The first-order valence-electron chi connectivity index (χ1n) is 12.9. The van der Waals surface area contributed by atoms with E-state index >= 15 is 0 Å². The van der Waals surface area contributed by atoms with Crippen molar-refractivity contribution in [2.45, 2.75) is 71.1 Å². The number of hydrogen-bond acceptors (Lipinski definition) is 8. The van der Waals surface area contributed by atoms with Gasteiger partial charge in [-0.05, 0) is 50.5 Å². The number of benzene rings is 1. The first-order chi connectivity index (χ1) is 17.3. The summed E-state index contributed by atoms with van der Waals surface area (Å²) < 4.78 is 36.9. The Labute approximate surface area is 220 Å². The minimum absolute atomic E-state index is 0.118. The third kappa shape index (κ3) is 3.97. The summed E-state index contributed by atoms with van der Waals surface area (Å²) in [6.45, 7) is 15.1. The number of ketones is 1. The van der Waals surface area contributed by atoms with Crippen LogP contribution in [0, 0.1) is 11.3 Å². The van der Waals surface area contributed by atoms with Crippen molar-refractivity contribution in [2.75, 3.05) is 34.0 Å². The number of fused-ring (bicyclic) bond motifs is 4. The van der Waals surface area contributed by atoms with E-state index in [1.54, 1.807) is 19.1 Å². The summed E-state index contributed by atoms with van der Waals surface area (Å²) in [7, 11) is 0.653. The molecule has 8 nitrogen and oxygen atoms in total. The second-order valence-corrected chi connectivity index (χ2v) is 16.4. The molecule has 3 aliphatic rings. The Kier molecular flexibility index (Phi) is 7.16. The predicted molar refractivity (Wildman–Crippen MR) is 140 cm³/mol. The van der Waals surface area contributed by atoms with E-state index < -0.39 is 37.5 Å². The highest BCUT2D eigenvalue weighted by atomic mass is 28.4. The maximum absolute atomic E-state index is 14.7. The fraction of sp³-hybridized carbons (Fsp3) is 0.643. The van der Waals surface area contributed by atoms with E-state index in [1.807, 2.05) is 13.0 Å². The van der Waals surface area contributed by atoms with E-state index in [0.29, 0.717) is 22.6 Å². The molecule has 1 heterocycles. The van der Waals surface area contributed by atoms with Gasteiger partial charge in [-0.15, -0.1) is 0 Å². The van der Waals surface area contributed by atoms with Crippen LogP contribution in [0.2, 0.25) is 18.1 Å². The number of allylic oxidation sites excluding steroid dienone is 1. The van der Waals surface area contributed by atoms with Crippen LogP contribution in [0.25, 0.3) is 0 Å². The largest absolute Gasteiger partial charge is 0.496 e. The van der Waals surface area contributed by atoms with Gasteiger partial charge < -0.3 is 28.1 Å². The molecule has 1 fully saturated rings. The van der Waals surface area contributed by atoms with E-state index in [9.17, 15) is 9.59 Å². The van der Waals surface area contributed by atoms with Gasteiger partial charge in [-0.1, -0.05) is 32.4 Å². The number of carbonyl (C=O) groups excluding carboxylic acids is 2. The van der Waals surface area contributed by atoms with E-state index in [4.69, 9.17) is 28.1 Å². The van der Waals surface area contributed by atoms with E-state index in [2.05, 4.69) is 33.9 Å². The molecule has 1 aliphatic heterocycles. The molecular formula is C28H40O8Si. The zero-order valence-electron chi connectivity index (χ0n) is 23.5. The van der Waals surface area contributed by atoms with Crippen LogP contribution in [-0.4, -0.2) is 60.2 Å². The first kappa shape index (κ1) is 27.8. The number of hydrogen-bond donors (Lipinski definition) is 0. The SMILES string of the molecule is CCOC(=O)[C@]12CC(C)=C[C@H](O[Si](C)(C)C(C)(C)C)[C@H]1C(=O)c1c(OC)ccc(OC)c1C21OCCO1. The molecule has 0 radical (unpaired) electrons. The van der Waals surface area contributed by atoms with Crippen molar-refractivity contribution in [3.63, 3.8) is 0 Å². The molecule has 0 unspecified atom stereocenters. The number of esters is 1. The van der Waals surface area contributed by atoms with Gasteiger partial charge in [0.25, 0.3) is 0 Å². The zero-order valence-corrected chi connectivity index (χ0v) is 24.5. The fourth-order valence-electron chi connectivity index (χ4n) is 5.84. The molecule has 1 aromatic rings. The summed E-state index contributed by atoms with van der Waals surface area (Å²) in [4.78, 5) is 28.9. The summed E-state index contributed by atoms with van der Waals surface area (Å²) >= 11 is 0. The highest BCUT2D eigenvalue weighted by molar-refractivity contribution is 6.74. The van der Waals surface area contributed by atoms with Gasteiger partial charge in [0.1, 0.15) is 16.9 Å². The lowest BCUT2D eigenvalue weighted by Crippen LogP contribution is -2.66. The van der Waals surface area contributed by atoms with Crippen LogP contribution in [0.3, 0.4) is 0 Å². The molecule has 2 aliphatic carbocycles. The van der Waals surface area contributed by atoms with E-state index in [1.165, 1.54) is 14.2 Å². The van der Waals surface area contributed by atoms with Crippen molar-refractivity contribution in [2.24, 2.45) is 11.3 Å². The monoisotopic (exact) mass is 532 g/mol. The second-order valence-electron chi connectivity index (χ2n) is 11.6. The van der Waals surface area contributed by atoms with Gasteiger partial charge in [0, 0.05) is 0 Å². The minimum atomic E-state index is -2.38. The van der Waals surface area contributed by atoms with Crippen LogP contribution in [0.5, 0.6) is 11.5 Å². The summed E-state index contributed by atoms with van der Waals surface area (Å²) in [5, 5.41) is -0.118. The fourth-order valence-corrected chi connectivity index (χ4v) is 7.08. The molecule has 37 heavy (non-hydrogen) atoms. The summed E-state index contributed by atoms with van der Waals surface area (Å²) in [5.74, 6) is -2.61. The number of carbonyl (C=O) groups is 2. The lowest BCUT2D eigenvalue weighted by Gasteiger charge is -2.56. The molecular weight excluding hydrogens is 492 g/mol. The number of rotatable bonds is 6. The molecule has 3 atom stereocenters. The number of methoxy groups -OCH3 is 2. The Morgan fingerprint density at radius 3 is 2.24 bits per heavy atom. The van der Waals surface area contributed by atoms with E-state index in [0.717, 1.165) is 5.57 Å². The quantitative estimate of drug-likeness (QED) is 0.287. The first-order valence-corrected chi connectivity index (χ1v) is 15.8. The standard InChI is InChI=1S/C28H40O8Si/c1-10-33-25(30)27-16-17(2)15-20(36-37(8,9)26(3,4)5)23(27)24(29)21-18(31-6)11-12-19(32-7)22(21)28(27)34-13-14-35-28/h11-12,15,20,23H,10,13-14,16H2,1-9H3/t20-,23-,27-/m0/s1. The van der Waals surface area contributed by atoms with Crippen LogP contribution < -0.4 is 9.47 Å². The van der Waals surface area contributed by atoms with Crippen molar-refractivity contribution < 1.29 is 37.7 Å². The van der Waals surface area contributed by atoms with Gasteiger partial charge >= 0.3 is 5.97 Å². The van der Waals surface area contributed by atoms with Gasteiger partial charge in [-0.25, -0.2) is 0 Å². The molecule has 9 heteroatoms. The molecule has 1 aromatic carbocycles. The molecule has 0 amide bonds. The highest BCUT2D eigenvalue weighted by Crippen LogP contribution is 2.65.